The van der Waals surface area contributed by atoms with Gasteiger partial charge in [-0.15, -0.1) is 0 Å². The number of ether oxygens (including phenoxy) is 2. The highest BCUT2D eigenvalue weighted by Crippen LogP contribution is 2.77. The highest BCUT2D eigenvalue weighted by molar-refractivity contribution is 5.93. The summed E-state index contributed by atoms with van der Waals surface area (Å²) < 4.78 is 12.7. The van der Waals surface area contributed by atoms with Crippen LogP contribution in [0.2, 0.25) is 0 Å². The molecule has 7 nitrogen and oxygen atoms in total. The van der Waals surface area contributed by atoms with Crippen molar-refractivity contribution in [2.45, 2.75) is 216 Å². The first-order chi connectivity index (χ1) is 39.3. The summed E-state index contributed by atoms with van der Waals surface area (Å²) in [5.41, 5.74) is 5.13. The van der Waals surface area contributed by atoms with Crippen LogP contribution in [0.3, 0.4) is 0 Å². The van der Waals surface area contributed by atoms with E-state index < -0.39 is 52.5 Å². The number of aryl methyl sites for hydroxylation is 1. The summed E-state index contributed by atoms with van der Waals surface area (Å²) in [7, 11) is 0. The fraction of sp³-hybridized carbons (Fsp3) is 0.622. The second-order valence-corrected chi connectivity index (χ2v) is 29.0. The molecule has 7 heteroatoms. The number of carbonyl (C=O) groups excluding carboxylic acids is 2. The molecule has 0 amide bonds. The smallest absolute Gasteiger partial charge is 0.331 e. The molecular weight excluding hydrogens is 1000 g/mol. The third-order valence-electron chi connectivity index (χ3n) is 25.5. The van der Waals surface area contributed by atoms with Gasteiger partial charge in [-0.3, -0.25) is 4.79 Å². The van der Waals surface area contributed by atoms with Crippen molar-refractivity contribution < 1.29 is 34.4 Å². The fourth-order valence-electron chi connectivity index (χ4n) is 22.0. The molecule has 0 unspecified atom stereocenters. The van der Waals surface area contributed by atoms with Crippen molar-refractivity contribution in [1.82, 2.24) is 0 Å². The van der Waals surface area contributed by atoms with Crippen molar-refractivity contribution >= 4 is 22.7 Å². The molecule has 0 saturated heterocycles. The predicted octanol–water partition coefficient (Wildman–Crippen LogP) is 14.8. The van der Waals surface area contributed by atoms with Crippen molar-refractivity contribution in [3.8, 4) is 11.8 Å². The maximum Gasteiger partial charge on any atom is 0.331 e. The lowest BCUT2D eigenvalue weighted by molar-refractivity contribution is -0.331. The van der Waals surface area contributed by atoms with Gasteiger partial charge in [-0.05, 0) is 212 Å². The molecule has 4 aromatic rings. The Labute approximate surface area is 482 Å². The van der Waals surface area contributed by atoms with E-state index in [-0.39, 0.29) is 59.5 Å². The average molecular weight is 1090 g/mol. The van der Waals surface area contributed by atoms with E-state index in [9.17, 15) is 20.1 Å². The molecule has 2 bridgehead atoms. The zero-order chi connectivity index (χ0) is 55.5. The summed E-state index contributed by atoms with van der Waals surface area (Å²) in [4.78, 5) is 27.9. The average Bonchev–Trinajstić information content (AvgIpc) is 2.26. The number of esters is 2. The van der Waals surface area contributed by atoms with Crippen molar-refractivity contribution in [1.29, 1.82) is 0 Å². The number of benzene rings is 4. The second kappa shape index (κ2) is 20.8. The Bertz CT molecular complexity index is 3140. The third kappa shape index (κ3) is 8.40. The summed E-state index contributed by atoms with van der Waals surface area (Å²) in [5, 5.41) is 45.4. The van der Waals surface area contributed by atoms with Crippen molar-refractivity contribution in [2.24, 2.45) is 63.6 Å². The number of carbonyl (C=O) groups is 2. The first-order valence-electron chi connectivity index (χ1n) is 32.6. The summed E-state index contributed by atoms with van der Waals surface area (Å²) in [6.45, 7) is 7.00. The molecular formula is C74H90O7. The summed E-state index contributed by atoms with van der Waals surface area (Å²) >= 11 is 0. The first-order valence-corrected chi connectivity index (χ1v) is 32.6. The molecule has 6 saturated carbocycles. The number of cyclic esters (lactones) is 1. The lowest BCUT2D eigenvalue weighted by Crippen LogP contribution is -2.77. The number of hydrogen-bond donors (Lipinski definition) is 3. The minimum atomic E-state index is -1.61. The van der Waals surface area contributed by atoms with E-state index in [1.54, 1.807) is 22.8 Å². The lowest BCUT2D eigenvalue weighted by Gasteiger charge is -2.71. The van der Waals surface area contributed by atoms with Gasteiger partial charge in [-0.1, -0.05) is 156 Å². The number of aliphatic hydroxyl groups is 3. The van der Waals surface area contributed by atoms with Gasteiger partial charge < -0.3 is 24.8 Å². The normalized spacial score (nSPS) is 41.5. The van der Waals surface area contributed by atoms with Crippen molar-refractivity contribution in [3.05, 3.63) is 130 Å². The maximum atomic E-state index is 15.3. The Morgan fingerprint density at radius 3 is 2.37 bits per heavy atom. The highest BCUT2D eigenvalue weighted by atomic mass is 16.5. The van der Waals surface area contributed by atoms with Crippen LogP contribution in [0, 0.1) is 75.4 Å². The number of rotatable bonds is 11. The molecule has 19 atom stereocenters. The predicted molar refractivity (Wildman–Crippen MR) is 318 cm³/mol. The Morgan fingerprint density at radius 1 is 0.765 bits per heavy atom. The topological polar surface area (TPSA) is 113 Å². The molecule has 0 aromatic heterocycles. The van der Waals surface area contributed by atoms with Gasteiger partial charge in [0.05, 0.1) is 29.1 Å². The summed E-state index contributed by atoms with van der Waals surface area (Å²) in [6.07, 6.45) is 19.8. The van der Waals surface area contributed by atoms with Crippen LogP contribution in [0.25, 0.3) is 10.8 Å². The van der Waals surface area contributed by atoms with E-state index in [1.165, 1.54) is 66.8 Å². The fourth-order valence-corrected chi connectivity index (χ4v) is 22.0. The quantitative estimate of drug-likeness (QED) is 0.101. The lowest BCUT2D eigenvalue weighted by atomic mass is 9.36. The van der Waals surface area contributed by atoms with E-state index in [0.29, 0.717) is 55.8 Å². The molecule has 14 rings (SSSR count). The van der Waals surface area contributed by atoms with E-state index >= 15 is 4.79 Å². The number of hydrogen-bond acceptors (Lipinski definition) is 7. The molecule has 81 heavy (non-hydrogen) atoms. The third-order valence-corrected chi connectivity index (χ3v) is 25.5. The van der Waals surface area contributed by atoms with Crippen LogP contribution in [0.4, 0.5) is 0 Å². The van der Waals surface area contributed by atoms with Crippen LogP contribution in [0.5, 0.6) is 0 Å². The summed E-state index contributed by atoms with van der Waals surface area (Å²) in [6, 6.07) is 34.7. The van der Waals surface area contributed by atoms with Crippen molar-refractivity contribution in [3.63, 3.8) is 0 Å². The van der Waals surface area contributed by atoms with E-state index in [2.05, 4.69) is 124 Å². The largest absolute Gasteiger partial charge is 0.462 e. The molecule has 4 aromatic carbocycles. The molecule has 2 heterocycles. The Hall–Kier alpha value is -4.74. The molecule has 2 aliphatic heterocycles. The zero-order valence-corrected chi connectivity index (χ0v) is 48.8. The Balaban J connectivity index is 0.897. The van der Waals surface area contributed by atoms with Gasteiger partial charge in [0, 0.05) is 29.2 Å². The Morgan fingerprint density at radius 2 is 1.56 bits per heavy atom. The molecule has 6 fully saturated rings. The standard InChI is InChI=1S/C74H90O7/c1-46(16-14-19-48-17-6-4-7-18-48)40-52-28-27-50-20-10-11-24-56(50)69(78)81-61-41-47(2)73(79,39-31-49-42-63(76)80-45-49)74(68(52)77)62(75)34-36-70(3,67(61)74)55-33-38-71-37-32-53-44-72(54-22-8-5-9-23-54)35-13-12-26-59(72)58-30-29-51-21-15-25-57(60(71)43-55)64(51)65(58)66(53)71/h4-9,15,17-18,21-23,25,29-30,42,46-47,50,52-53,55-56,59-62,66-68,75,77,79H,10-14,16,19-20,24,26,31-41,43-45H2,1-3H3/t46-,47-,50+,52-,53-,55+,56+,59-,60+,61-,62+,66-,67+,68-,70+,71+,72+,73-,74+/m1/s1. The van der Waals surface area contributed by atoms with Gasteiger partial charge in [-0.2, -0.15) is 0 Å². The highest BCUT2D eigenvalue weighted by Gasteiger charge is 2.76. The first kappa shape index (κ1) is 54.2. The van der Waals surface area contributed by atoms with Crippen LogP contribution in [0.1, 0.15) is 208 Å². The van der Waals surface area contributed by atoms with Gasteiger partial charge in [0.2, 0.25) is 0 Å². The minimum absolute atomic E-state index is 0.110. The van der Waals surface area contributed by atoms with E-state index in [0.717, 1.165) is 69.8 Å². The monoisotopic (exact) mass is 1090 g/mol. The van der Waals surface area contributed by atoms with Crippen LogP contribution in [0.15, 0.2) is 103 Å². The number of fused-ring (bicyclic) bond motifs is 4. The summed E-state index contributed by atoms with van der Waals surface area (Å²) in [5.74, 6) is 7.04. The molecule has 10 aliphatic rings. The number of aliphatic hydroxyl groups excluding tert-OH is 2. The van der Waals surface area contributed by atoms with Gasteiger partial charge >= 0.3 is 11.9 Å². The van der Waals surface area contributed by atoms with Crippen LogP contribution in [-0.4, -0.2) is 57.8 Å². The molecule has 428 valence electrons. The molecule has 8 aliphatic carbocycles. The van der Waals surface area contributed by atoms with Crippen LogP contribution in [-0.2, 0) is 30.9 Å². The second-order valence-electron chi connectivity index (χ2n) is 29.0. The minimum Gasteiger partial charge on any atom is -0.462 e. The zero-order valence-electron chi connectivity index (χ0n) is 48.8. The van der Waals surface area contributed by atoms with Crippen LogP contribution < -0.4 is 0 Å². The molecule has 3 N–H and O–H groups in total. The molecule has 0 radical (unpaired) electrons. The maximum absolute atomic E-state index is 15.3. The van der Waals surface area contributed by atoms with Gasteiger partial charge in [0.1, 0.15) is 12.7 Å². The SMILES string of the molecule is C[C@H](CCCc1ccccc1)C[C@H]1C#C[C@@H]2CCCC[C@@H]2C(=O)O[C@@H]2C[C@@H](C)[C@](O)(CCC3=CC(=O)OC3)[C@@]3([C@@H]1O)[C@@H](O)CC[C@@](C)([C@H]1CC[C@]45CC[C@@H]6C[C@]7(c8ccccc8)CCCC[C@@H]7c7ccc8cccc(c8c7[C@@H]64)[C@@H]5C1)[C@H]23. The van der Waals surface area contributed by atoms with Crippen LogP contribution >= 0.6 is 0 Å². The van der Waals surface area contributed by atoms with E-state index in [4.69, 9.17) is 9.47 Å². The van der Waals surface area contributed by atoms with E-state index in [1.807, 2.05) is 0 Å². The van der Waals surface area contributed by atoms with Gasteiger partial charge in [0.15, 0.2) is 0 Å². The van der Waals surface area contributed by atoms with Crippen molar-refractivity contribution in [2.75, 3.05) is 6.61 Å². The van der Waals surface area contributed by atoms with Gasteiger partial charge in [-0.25, -0.2) is 4.79 Å². The Kier molecular flexibility index (Phi) is 13.9. The molecule has 1 spiro atoms. The van der Waals surface area contributed by atoms with Gasteiger partial charge in [0.25, 0.3) is 0 Å².